The van der Waals surface area contributed by atoms with Crippen molar-refractivity contribution in [3.05, 3.63) is 162 Å². The van der Waals surface area contributed by atoms with Gasteiger partial charge >= 0.3 is 0 Å². The third kappa shape index (κ3) is 7.97. The van der Waals surface area contributed by atoms with Gasteiger partial charge < -0.3 is 14.4 Å². The molecule has 8 rings (SSSR count). The molecule has 4 aromatic carbocycles. The number of nitrogens with zero attached hydrogens (tertiary/aromatic N) is 3. The largest absolute Gasteiger partial charge is 0.486 e. The predicted octanol–water partition coefficient (Wildman–Crippen LogP) is 12.2. The molecule has 52 heavy (non-hydrogen) atoms. The van der Waals surface area contributed by atoms with Crippen LogP contribution in [0.5, 0.6) is 0 Å². The summed E-state index contributed by atoms with van der Waals surface area (Å²) in [4.78, 5) is 14.1. The zero-order chi connectivity index (χ0) is 35.5. The summed E-state index contributed by atoms with van der Waals surface area (Å²) in [5.74, 6) is 0. The summed E-state index contributed by atoms with van der Waals surface area (Å²) in [5.41, 5.74) is 14.8. The van der Waals surface area contributed by atoms with Gasteiger partial charge in [-0.25, -0.2) is 4.98 Å². The number of aryl methyl sites for hydroxylation is 3. The fourth-order valence-electron chi connectivity index (χ4n) is 6.67. The van der Waals surface area contributed by atoms with Crippen LogP contribution in [0.3, 0.4) is 0 Å². The van der Waals surface area contributed by atoms with Crippen LogP contribution >= 0.6 is 0 Å². The van der Waals surface area contributed by atoms with Crippen LogP contribution in [0.2, 0.25) is 0 Å². The molecule has 4 heterocycles. The van der Waals surface area contributed by atoms with Crippen LogP contribution in [0.15, 0.2) is 132 Å². The van der Waals surface area contributed by atoms with Crippen molar-refractivity contribution in [1.29, 1.82) is 0 Å². The molecule has 0 saturated heterocycles. The Morgan fingerprint density at radius 1 is 0.635 bits per heavy atom. The van der Waals surface area contributed by atoms with E-state index in [1.807, 2.05) is 60.8 Å². The number of furan rings is 1. The summed E-state index contributed by atoms with van der Waals surface area (Å²) in [6.45, 7) is 13.2. The van der Waals surface area contributed by atoms with Crippen LogP contribution in [-0.2, 0) is 26.5 Å². The van der Waals surface area contributed by atoms with E-state index in [2.05, 4.69) is 119 Å². The first-order chi connectivity index (χ1) is 24.6. The molecular weight excluding hydrogens is 815 g/mol. The maximum atomic E-state index is 6.44. The van der Waals surface area contributed by atoms with E-state index in [1.165, 1.54) is 33.4 Å². The average Bonchev–Trinajstić information content (AvgIpc) is 3.51. The number of aromatic nitrogens is 3. The standard InChI is InChI=1S/C36H33N2O.C11H8N.Ir/c1-22-19-32(37-21-27(22)20-36(4,5)6)30-14-10-13-28-29-15-16-31(38-35(29)39-34(28)30)33-23(2)17-26(18-24(33)3)25-11-8-7-9-12-25;1-2-6-10(7-3-1)11-8-4-5-9-12-11;/h7-13,15-19,21H,20H2,1-6H3;1-6,8-9H;/q2*-1;. The molecule has 4 aromatic heterocycles. The molecule has 0 atom stereocenters. The quantitative estimate of drug-likeness (QED) is 0.162. The van der Waals surface area contributed by atoms with Crippen molar-refractivity contribution in [3.8, 4) is 44.9 Å². The fourth-order valence-corrected chi connectivity index (χ4v) is 6.67. The van der Waals surface area contributed by atoms with Gasteiger partial charge in [-0.15, -0.1) is 54.1 Å². The van der Waals surface area contributed by atoms with Crippen LogP contribution in [0.1, 0.15) is 43.0 Å². The van der Waals surface area contributed by atoms with E-state index in [4.69, 9.17) is 14.4 Å². The Bertz CT molecular complexity index is 2390. The molecule has 0 N–H and O–H groups in total. The van der Waals surface area contributed by atoms with Crippen molar-refractivity contribution in [1.82, 2.24) is 15.0 Å². The first-order valence-electron chi connectivity index (χ1n) is 17.4. The normalized spacial score (nSPS) is 11.2. The van der Waals surface area contributed by atoms with Gasteiger partial charge in [0.05, 0.1) is 11.3 Å². The van der Waals surface area contributed by atoms with E-state index in [0.29, 0.717) is 5.71 Å². The zero-order valence-electron chi connectivity index (χ0n) is 30.4. The average molecular weight is 856 g/mol. The minimum Gasteiger partial charge on any atom is -0.486 e. The smallest absolute Gasteiger partial charge is 0.216 e. The van der Waals surface area contributed by atoms with E-state index in [-0.39, 0.29) is 25.5 Å². The van der Waals surface area contributed by atoms with Crippen LogP contribution in [0.4, 0.5) is 0 Å². The molecule has 0 saturated carbocycles. The molecule has 0 aliphatic heterocycles. The van der Waals surface area contributed by atoms with Gasteiger partial charge in [-0.1, -0.05) is 97.9 Å². The van der Waals surface area contributed by atoms with Gasteiger partial charge in [0.15, 0.2) is 0 Å². The summed E-state index contributed by atoms with van der Waals surface area (Å²) in [7, 11) is 0. The number of hydrogen-bond acceptors (Lipinski definition) is 4. The van der Waals surface area contributed by atoms with Gasteiger partial charge in [-0.2, -0.15) is 0 Å². The summed E-state index contributed by atoms with van der Waals surface area (Å²) >= 11 is 0. The minimum atomic E-state index is 0. The van der Waals surface area contributed by atoms with E-state index in [1.54, 1.807) is 6.20 Å². The van der Waals surface area contributed by atoms with Gasteiger partial charge in [0.2, 0.25) is 5.71 Å². The first kappa shape index (κ1) is 36.6. The molecule has 261 valence electrons. The fraction of sp³-hybridized carbons (Fsp3) is 0.170. The second kappa shape index (κ2) is 15.6. The molecule has 0 unspecified atom stereocenters. The number of hydrogen-bond donors (Lipinski definition) is 0. The van der Waals surface area contributed by atoms with Crippen molar-refractivity contribution in [3.63, 3.8) is 0 Å². The summed E-state index contributed by atoms with van der Waals surface area (Å²) in [6.07, 6.45) is 4.78. The second-order valence-electron chi connectivity index (χ2n) is 14.3. The van der Waals surface area contributed by atoms with Gasteiger partial charge in [-0.05, 0) is 90.0 Å². The van der Waals surface area contributed by atoms with Gasteiger partial charge in [-0.3, -0.25) is 0 Å². The molecule has 8 aromatic rings. The Balaban J connectivity index is 0.000000302. The van der Waals surface area contributed by atoms with E-state index in [9.17, 15) is 0 Å². The van der Waals surface area contributed by atoms with Crippen LogP contribution in [-0.4, -0.2) is 15.0 Å². The molecule has 0 spiro atoms. The number of benzene rings is 4. The monoisotopic (exact) mass is 856 g/mol. The second-order valence-corrected chi connectivity index (χ2v) is 14.3. The molecule has 0 fully saturated rings. The third-order valence-electron chi connectivity index (χ3n) is 9.04. The van der Waals surface area contributed by atoms with Crippen molar-refractivity contribution in [2.75, 3.05) is 0 Å². The summed E-state index contributed by atoms with van der Waals surface area (Å²) < 4.78 is 6.44. The van der Waals surface area contributed by atoms with Crippen molar-refractivity contribution in [2.45, 2.75) is 48.0 Å². The molecule has 0 amide bonds. The van der Waals surface area contributed by atoms with Crippen LogP contribution < -0.4 is 0 Å². The topological polar surface area (TPSA) is 51.8 Å². The van der Waals surface area contributed by atoms with Gasteiger partial charge in [0, 0.05) is 43.4 Å². The van der Waals surface area contributed by atoms with Gasteiger partial charge in [0.1, 0.15) is 0 Å². The van der Waals surface area contributed by atoms with E-state index >= 15 is 0 Å². The zero-order valence-corrected chi connectivity index (χ0v) is 32.8. The minimum absolute atomic E-state index is 0. The Morgan fingerprint density at radius 2 is 1.38 bits per heavy atom. The predicted molar refractivity (Wildman–Crippen MR) is 210 cm³/mol. The van der Waals surface area contributed by atoms with Gasteiger partial charge in [0.25, 0.3) is 0 Å². The molecule has 0 aliphatic rings. The van der Waals surface area contributed by atoms with Crippen molar-refractivity contribution < 1.29 is 24.5 Å². The Morgan fingerprint density at radius 3 is 2.06 bits per heavy atom. The first-order valence-corrected chi connectivity index (χ1v) is 17.4. The van der Waals surface area contributed by atoms with Crippen LogP contribution in [0.25, 0.3) is 67.0 Å². The summed E-state index contributed by atoms with van der Waals surface area (Å²) in [5, 5.41) is 2.03. The van der Waals surface area contributed by atoms with E-state index in [0.717, 1.165) is 56.5 Å². The van der Waals surface area contributed by atoms with E-state index < -0.39 is 0 Å². The van der Waals surface area contributed by atoms with Crippen molar-refractivity contribution >= 4 is 22.1 Å². The number of rotatable bonds is 5. The maximum absolute atomic E-state index is 6.44. The number of fused-ring (bicyclic) bond motifs is 3. The molecule has 4 nitrogen and oxygen atoms in total. The molecule has 0 aliphatic carbocycles. The Labute approximate surface area is 320 Å². The van der Waals surface area contributed by atoms with Crippen molar-refractivity contribution in [2.24, 2.45) is 5.41 Å². The summed E-state index contributed by atoms with van der Waals surface area (Å²) in [6, 6.07) is 45.6. The molecule has 1 radical (unpaired) electrons. The Kier molecular flexibility index (Phi) is 10.9. The molecular formula is C47H41IrN3O-2. The number of pyridine rings is 3. The third-order valence-corrected chi connectivity index (χ3v) is 9.04. The maximum Gasteiger partial charge on any atom is 0.216 e. The SMILES string of the molecule is Cc1cc(-c2[c-]ccc3c2oc2nc(-c4c(C)cc(-c5ccccc5)cc4C)ccc23)ncc1CC(C)(C)C.[Ir].[c-]1ccccc1-c1ccccn1. The molecule has 5 heteroatoms. The van der Waals surface area contributed by atoms with Crippen LogP contribution in [0, 0.1) is 38.3 Å². The molecule has 0 bridgehead atoms. The Hall–Kier alpha value is -5.22.